The molecule has 2 aromatic heterocycles. The van der Waals surface area contributed by atoms with E-state index in [4.69, 9.17) is 26.2 Å². The first-order chi connectivity index (χ1) is 17.1. The third-order valence-corrected chi connectivity index (χ3v) is 7.09. The zero-order chi connectivity index (χ0) is 24.2. The van der Waals surface area contributed by atoms with Crippen molar-refractivity contribution < 1.29 is 14.3 Å². The first kappa shape index (κ1) is 23.6. The van der Waals surface area contributed by atoms with Crippen molar-refractivity contribution in [3.8, 4) is 17.3 Å². The van der Waals surface area contributed by atoms with Crippen LogP contribution in [0.5, 0.6) is 11.6 Å². The van der Waals surface area contributed by atoms with Gasteiger partial charge in [0.2, 0.25) is 5.88 Å². The van der Waals surface area contributed by atoms with Gasteiger partial charge >= 0.3 is 0 Å². The first-order valence-corrected chi connectivity index (χ1v) is 12.9. The van der Waals surface area contributed by atoms with E-state index in [0.717, 1.165) is 36.4 Å². The number of benzene rings is 2. The molecule has 4 aromatic rings. The predicted octanol–water partition coefficient (Wildman–Crippen LogP) is 6.51. The fourth-order valence-corrected chi connectivity index (χ4v) is 5.00. The highest BCUT2D eigenvalue weighted by molar-refractivity contribution is 7.12. The number of thiophene rings is 1. The Morgan fingerprint density at radius 2 is 1.97 bits per heavy atom. The number of nitrogens with zero attached hydrogens (tertiary/aromatic N) is 3. The Bertz CT molecular complexity index is 1270. The van der Waals surface area contributed by atoms with E-state index in [2.05, 4.69) is 0 Å². The Morgan fingerprint density at radius 1 is 1.17 bits per heavy atom. The smallest absolute Gasteiger partial charge is 0.264 e. The van der Waals surface area contributed by atoms with Gasteiger partial charge in [-0.15, -0.1) is 11.3 Å². The molecule has 5 rings (SSSR count). The molecule has 2 aromatic carbocycles. The second kappa shape index (κ2) is 10.6. The number of hydrogen-bond donors (Lipinski definition) is 0. The molecule has 1 aliphatic rings. The number of para-hydroxylation sites is 1. The number of aromatic nitrogens is 2. The number of ether oxygens (including phenoxy) is 2. The van der Waals surface area contributed by atoms with Crippen LogP contribution in [0.3, 0.4) is 0 Å². The van der Waals surface area contributed by atoms with Gasteiger partial charge in [-0.3, -0.25) is 4.79 Å². The normalized spacial score (nSPS) is 15.3. The topological polar surface area (TPSA) is 56.6 Å². The molecule has 1 atom stereocenters. The maximum atomic E-state index is 13.5. The lowest BCUT2D eigenvalue weighted by Crippen LogP contribution is -2.36. The van der Waals surface area contributed by atoms with Gasteiger partial charge in [0.25, 0.3) is 5.91 Å². The molecular formula is C27H26ClN3O3S. The second-order valence-electron chi connectivity index (χ2n) is 8.47. The van der Waals surface area contributed by atoms with Crippen LogP contribution < -0.4 is 4.74 Å². The summed E-state index contributed by atoms with van der Waals surface area (Å²) in [5.74, 6) is 1.20. The van der Waals surface area contributed by atoms with Gasteiger partial charge in [0.15, 0.2) is 0 Å². The quantitative estimate of drug-likeness (QED) is 0.273. The number of rotatable bonds is 8. The Balaban J connectivity index is 1.53. The van der Waals surface area contributed by atoms with Crippen LogP contribution >= 0.6 is 22.9 Å². The summed E-state index contributed by atoms with van der Waals surface area (Å²) < 4.78 is 14.1. The van der Waals surface area contributed by atoms with Crippen molar-refractivity contribution in [2.45, 2.75) is 32.4 Å². The molecule has 180 valence electrons. The van der Waals surface area contributed by atoms with Crippen molar-refractivity contribution in [3.05, 3.63) is 93.3 Å². The molecule has 3 heterocycles. The summed E-state index contributed by atoms with van der Waals surface area (Å²) in [6.07, 6.45) is 2.00. The number of carbonyl (C=O) groups is 1. The minimum absolute atomic E-state index is 0.0141. The maximum absolute atomic E-state index is 13.5. The van der Waals surface area contributed by atoms with Crippen LogP contribution in [0.1, 0.15) is 33.8 Å². The van der Waals surface area contributed by atoms with Gasteiger partial charge in [0.1, 0.15) is 5.75 Å². The minimum atomic E-state index is -0.0141. The fourth-order valence-electron chi connectivity index (χ4n) is 4.18. The molecule has 1 fully saturated rings. The van der Waals surface area contributed by atoms with E-state index in [1.165, 1.54) is 11.3 Å². The number of aryl methyl sites for hydroxylation is 1. The summed E-state index contributed by atoms with van der Waals surface area (Å²) in [6.45, 7) is 3.57. The average molecular weight is 508 g/mol. The van der Waals surface area contributed by atoms with E-state index in [0.29, 0.717) is 34.6 Å². The van der Waals surface area contributed by atoms with Gasteiger partial charge in [-0.1, -0.05) is 35.9 Å². The largest absolute Gasteiger partial charge is 0.439 e. The molecule has 0 N–H and O–H groups in total. The summed E-state index contributed by atoms with van der Waals surface area (Å²) in [7, 11) is 0. The summed E-state index contributed by atoms with van der Waals surface area (Å²) in [6, 6.07) is 20.8. The highest BCUT2D eigenvalue weighted by Gasteiger charge is 2.28. The van der Waals surface area contributed by atoms with Gasteiger partial charge in [-0.25, -0.2) is 4.68 Å². The molecule has 0 saturated carbocycles. The van der Waals surface area contributed by atoms with E-state index in [1.54, 1.807) is 16.8 Å². The molecule has 0 spiro atoms. The van der Waals surface area contributed by atoms with Crippen LogP contribution in [-0.2, 0) is 11.3 Å². The summed E-state index contributed by atoms with van der Waals surface area (Å²) in [5.41, 5.74) is 2.53. The molecule has 6 nitrogen and oxygen atoms in total. The number of hydrogen-bond acceptors (Lipinski definition) is 5. The number of carbonyl (C=O) groups excluding carboxylic acids is 1. The molecule has 0 bridgehead atoms. The first-order valence-electron chi connectivity index (χ1n) is 11.6. The van der Waals surface area contributed by atoms with Crippen LogP contribution in [0.2, 0.25) is 5.02 Å². The monoisotopic (exact) mass is 507 g/mol. The Kier molecular flexibility index (Phi) is 7.18. The molecular weight excluding hydrogens is 482 g/mol. The molecule has 8 heteroatoms. The summed E-state index contributed by atoms with van der Waals surface area (Å²) in [5, 5.41) is 7.36. The van der Waals surface area contributed by atoms with Crippen molar-refractivity contribution in [1.82, 2.24) is 14.7 Å². The molecule has 0 unspecified atom stereocenters. The van der Waals surface area contributed by atoms with E-state index in [9.17, 15) is 4.79 Å². The summed E-state index contributed by atoms with van der Waals surface area (Å²) in [4.78, 5) is 16.1. The standard InChI is InChI=1S/C27H26ClN3O3S/c1-19-24(18-30(17-23-9-5-15-33-23)26(32)25-10-6-16-35-25)27(34-22-13-11-20(28)12-14-22)31(29-19)21-7-3-2-4-8-21/h2-4,6-8,10-14,16,23H,5,9,15,17-18H2,1H3/t23-/m1/s1. The zero-order valence-corrected chi connectivity index (χ0v) is 21.0. The van der Waals surface area contributed by atoms with Crippen molar-refractivity contribution in [2.24, 2.45) is 0 Å². The Hall–Kier alpha value is -3.13. The van der Waals surface area contributed by atoms with Crippen molar-refractivity contribution in [2.75, 3.05) is 13.2 Å². The van der Waals surface area contributed by atoms with Crippen LogP contribution in [-0.4, -0.2) is 39.8 Å². The van der Waals surface area contributed by atoms with Crippen LogP contribution in [0.4, 0.5) is 0 Å². The number of halogens is 1. The van der Waals surface area contributed by atoms with Gasteiger partial charge in [0.05, 0.1) is 34.5 Å². The molecule has 1 amide bonds. The molecule has 0 radical (unpaired) electrons. The fraction of sp³-hybridized carbons (Fsp3) is 0.259. The SMILES string of the molecule is Cc1nn(-c2ccccc2)c(Oc2ccc(Cl)cc2)c1CN(C[C@H]1CCCO1)C(=O)c1cccs1. The number of amides is 1. The molecule has 1 aliphatic heterocycles. The highest BCUT2D eigenvalue weighted by atomic mass is 35.5. The molecule has 35 heavy (non-hydrogen) atoms. The van der Waals surface area contributed by atoms with Gasteiger partial charge in [0, 0.05) is 18.2 Å². The van der Waals surface area contributed by atoms with E-state index < -0.39 is 0 Å². The van der Waals surface area contributed by atoms with Crippen molar-refractivity contribution in [3.63, 3.8) is 0 Å². The predicted molar refractivity (Wildman–Crippen MR) is 138 cm³/mol. The van der Waals surface area contributed by atoms with E-state index in [1.807, 2.05) is 71.8 Å². The van der Waals surface area contributed by atoms with Crippen LogP contribution in [0, 0.1) is 6.92 Å². The summed E-state index contributed by atoms with van der Waals surface area (Å²) >= 11 is 7.53. The van der Waals surface area contributed by atoms with Gasteiger partial charge in [-0.2, -0.15) is 5.10 Å². The van der Waals surface area contributed by atoms with Crippen LogP contribution in [0.15, 0.2) is 72.1 Å². The molecule has 1 saturated heterocycles. The van der Waals surface area contributed by atoms with Gasteiger partial charge < -0.3 is 14.4 Å². The van der Waals surface area contributed by atoms with E-state index >= 15 is 0 Å². The van der Waals surface area contributed by atoms with E-state index in [-0.39, 0.29) is 12.0 Å². The second-order valence-corrected chi connectivity index (χ2v) is 9.85. The van der Waals surface area contributed by atoms with Crippen molar-refractivity contribution in [1.29, 1.82) is 0 Å². The Morgan fingerprint density at radius 3 is 2.66 bits per heavy atom. The Labute approximate surface area is 213 Å². The highest BCUT2D eigenvalue weighted by Crippen LogP contribution is 2.33. The third-order valence-electron chi connectivity index (χ3n) is 5.98. The minimum Gasteiger partial charge on any atom is -0.439 e. The lowest BCUT2D eigenvalue weighted by molar-refractivity contribution is 0.0509. The lowest BCUT2D eigenvalue weighted by Gasteiger charge is -2.25. The lowest BCUT2D eigenvalue weighted by atomic mass is 10.2. The maximum Gasteiger partial charge on any atom is 0.264 e. The molecule has 0 aliphatic carbocycles. The zero-order valence-electron chi connectivity index (χ0n) is 19.4. The third kappa shape index (κ3) is 5.42. The van der Waals surface area contributed by atoms with Crippen molar-refractivity contribution >= 4 is 28.8 Å². The van der Waals surface area contributed by atoms with Gasteiger partial charge in [-0.05, 0) is 67.6 Å². The van der Waals surface area contributed by atoms with Crippen LogP contribution in [0.25, 0.3) is 5.69 Å². The average Bonchev–Trinajstić information content (AvgIpc) is 3.64.